The van der Waals surface area contributed by atoms with E-state index in [-0.39, 0.29) is 11.4 Å². The van der Waals surface area contributed by atoms with Gasteiger partial charge in [0.15, 0.2) is 0 Å². The van der Waals surface area contributed by atoms with Gasteiger partial charge >= 0.3 is 5.97 Å². The second-order valence-electron chi connectivity index (χ2n) is 4.17. The number of benzene rings is 1. The van der Waals surface area contributed by atoms with Crippen molar-refractivity contribution in [3.8, 4) is 17.4 Å². The number of carboxylic acids is 1. The summed E-state index contributed by atoms with van der Waals surface area (Å²) in [5.41, 5.74) is 1.12. The molecule has 2 rings (SSSR count). The van der Waals surface area contributed by atoms with E-state index in [2.05, 4.69) is 10.2 Å². The average molecular weight is 274 g/mol. The van der Waals surface area contributed by atoms with Crippen LogP contribution in [0.1, 0.15) is 21.6 Å². The minimum Gasteiger partial charge on any atom is -0.497 e. The minimum absolute atomic E-state index is 0.0216. The number of hydrogen-bond acceptors (Lipinski definition) is 5. The van der Waals surface area contributed by atoms with E-state index >= 15 is 0 Å². The predicted molar refractivity (Wildman–Crippen MR) is 71.5 cm³/mol. The predicted octanol–water partition coefficient (Wildman–Crippen LogP) is 2.59. The number of aromatic nitrogens is 2. The molecule has 1 aromatic heterocycles. The second kappa shape index (κ2) is 5.56. The van der Waals surface area contributed by atoms with E-state index in [9.17, 15) is 9.90 Å². The highest BCUT2D eigenvalue weighted by molar-refractivity contribution is 5.92. The normalized spacial score (nSPS) is 10.2. The topological polar surface area (TPSA) is 81.5 Å². The average Bonchev–Trinajstić information content (AvgIpc) is 2.43. The molecule has 1 heterocycles. The summed E-state index contributed by atoms with van der Waals surface area (Å²) >= 11 is 0. The Morgan fingerprint density at radius 2 is 1.70 bits per heavy atom. The first-order valence-corrected chi connectivity index (χ1v) is 5.92. The summed E-state index contributed by atoms with van der Waals surface area (Å²) in [4.78, 5) is 11.3. The highest BCUT2D eigenvalue weighted by atomic mass is 16.5. The smallest absolute Gasteiger partial charge is 0.341 e. The van der Waals surface area contributed by atoms with Gasteiger partial charge in [-0.2, -0.15) is 5.10 Å². The van der Waals surface area contributed by atoms with Crippen LogP contribution in [0.4, 0.5) is 0 Å². The summed E-state index contributed by atoms with van der Waals surface area (Å²) in [6, 6.07) is 6.76. The quantitative estimate of drug-likeness (QED) is 0.922. The van der Waals surface area contributed by atoms with E-state index in [4.69, 9.17) is 9.47 Å². The van der Waals surface area contributed by atoms with Crippen molar-refractivity contribution in [2.24, 2.45) is 0 Å². The van der Waals surface area contributed by atoms with Gasteiger partial charge in [0.05, 0.1) is 12.8 Å². The zero-order valence-corrected chi connectivity index (χ0v) is 11.4. The van der Waals surface area contributed by atoms with E-state index in [0.29, 0.717) is 22.8 Å². The molecule has 6 nitrogen and oxygen atoms in total. The number of rotatable bonds is 4. The summed E-state index contributed by atoms with van der Waals surface area (Å²) < 4.78 is 10.5. The molecule has 1 aromatic carbocycles. The molecule has 0 saturated carbocycles. The second-order valence-corrected chi connectivity index (χ2v) is 4.17. The SMILES string of the molecule is COc1ccc(Oc2nnc(C)c(C)c2C(=O)O)cc1. The Labute approximate surface area is 116 Å². The van der Waals surface area contributed by atoms with Crippen LogP contribution in [0, 0.1) is 13.8 Å². The van der Waals surface area contributed by atoms with Crippen LogP contribution < -0.4 is 9.47 Å². The van der Waals surface area contributed by atoms with Gasteiger partial charge in [-0.1, -0.05) is 0 Å². The van der Waals surface area contributed by atoms with E-state index in [1.54, 1.807) is 45.2 Å². The lowest BCUT2D eigenvalue weighted by atomic mass is 10.1. The number of carbonyl (C=O) groups is 1. The number of hydrogen-bond donors (Lipinski definition) is 1. The van der Waals surface area contributed by atoms with Gasteiger partial charge in [0.25, 0.3) is 5.88 Å². The third-order valence-corrected chi connectivity index (χ3v) is 2.91. The minimum atomic E-state index is -1.09. The maximum atomic E-state index is 11.3. The molecule has 0 fully saturated rings. The molecule has 0 unspecified atom stereocenters. The Balaban J connectivity index is 2.37. The molecule has 1 N–H and O–H groups in total. The summed E-state index contributed by atoms with van der Waals surface area (Å²) in [6.45, 7) is 3.38. The number of ether oxygens (including phenoxy) is 2. The summed E-state index contributed by atoms with van der Waals surface area (Å²) in [6.07, 6.45) is 0. The Hall–Kier alpha value is -2.63. The van der Waals surface area contributed by atoms with Gasteiger partial charge in [-0.05, 0) is 43.7 Å². The van der Waals surface area contributed by atoms with Crippen LogP contribution in [-0.4, -0.2) is 28.4 Å². The third kappa shape index (κ3) is 2.69. The maximum absolute atomic E-state index is 11.3. The Kier molecular flexibility index (Phi) is 3.84. The van der Waals surface area contributed by atoms with Crippen LogP contribution in [0.15, 0.2) is 24.3 Å². The first-order chi connectivity index (χ1) is 9.52. The summed E-state index contributed by atoms with van der Waals surface area (Å²) in [5, 5.41) is 17.0. The lowest BCUT2D eigenvalue weighted by molar-refractivity contribution is 0.0692. The maximum Gasteiger partial charge on any atom is 0.341 e. The molecule has 2 aromatic rings. The van der Waals surface area contributed by atoms with Crippen molar-refractivity contribution in [2.75, 3.05) is 7.11 Å². The van der Waals surface area contributed by atoms with Crippen molar-refractivity contribution >= 4 is 5.97 Å². The molecule has 0 aliphatic heterocycles. The first kappa shape index (κ1) is 13.8. The molecule has 0 amide bonds. The molecule has 0 aliphatic rings. The van der Waals surface area contributed by atoms with Crippen LogP contribution in [0.5, 0.6) is 17.4 Å². The largest absolute Gasteiger partial charge is 0.497 e. The monoisotopic (exact) mass is 274 g/mol. The number of carboxylic acid groups (broad SMARTS) is 1. The molecule has 20 heavy (non-hydrogen) atoms. The molecular formula is C14H14N2O4. The number of aryl methyl sites for hydroxylation is 1. The van der Waals surface area contributed by atoms with Gasteiger partial charge in [0.2, 0.25) is 0 Å². The van der Waals surface area contributed by atoms with Gasteiger partial charge in [0.1, 0.15) is 17.1 Å². The van der Waals surface area contributed by atoms with Gasteiger partial charge in [-0.3, -0.25) is 0 Å². The zero-order chi connectivity index (χ0) is 14.7. The van der Waals surface area contributed by atoms with Crippen molar-refractivity contribution in [1.82, 2.24) is 10.2 Å². The fourth-order valence-electron chi connectivity index (χ4n) is 1.67. The fraction of sp³-hybridized carbons (Fsp3) is 0.214. The molecule has 104 valence electrons. The van der Waals surface area contributed by atoms with Crippen LogP contribution in [0.3, 0.4) is 0 Å². The van der Waals surface area contributed by atoms with Gasteiger partial charge in [-0.25, -0.2) is 4.79 Å². The zero-order valence-electron chi connectivity index (χ0n) is 11.4. The lowest BCUT2D eigenvalue weighted by Gasteiger charge is -2.10. The third-order valence-electron chi connectivity index (χ3n) is 2.91. The highest BCUT2D eigenvalue weighted by Gasteiger charge is 2.19. The first-order valence-electron chi connectivity index (χ1n) is 5.92. The van der Waals surface area contributed by atoms with Gasteiger partial charge < -0.3 is 14.6 Å². The molecule has 0 radical (unpaired) electrons. The highest BCUT2D eigenvalue weighted by Crippen LogP contribution is 2.27. The lowest BCUT2D eigenvalue weighted by Crippen LogP contribution is -2.08. The van der Waals surface area contributed by atoms with Crippen LogP contribution in [-0.2, 0) is 0 Å². The summed E-state index contributed by atoms with van der Waals surface area (Å²) in [5.74, 6) is 0.0302. The van der Waals surface area contributed by atoms with Crippen molar-refractivity contribution in [1.29, 1.82) is 0 Å². The number of nitrogens with zero attached hydrogens (tertiary/aromatic N) is 2. The molecule has 0 aliphatic carbocycles. The van der Waals surface area contributed by atoms with Gasteiger partial charge in [-0.15, -0.1) is 5.10 Å². The van der Waals surface area contributed by atoms with Crippen LogP contribution in [0.2, 0.25) is 0 Å². The molecule has 6 heteroatoms. The number of methoxy groups -OCH3 is 1. The summed E-state index contributed by atoms with van der Waals surface area (Å²) in [7, 11) is 1.56. The van der Waals surface area contributed by atoms with E-state index in [1.165, 1.54) is 0 Å². The molecule has 0 atom stereocenters. The van der Waals surface area contributed by atoms with E-state index in [0.717, 1.165) is 0 Å². The van der Waals surface area contributed by atoms with Crippen LogP contribution in [0.25, 0.3) is 0 Å². The molecule has 0 bridgehead atoms. The Morgan fingerprint density at radius 3 is 2.25 bits per heavy atom. The van der Waals surface area contributed by atoms with E-state index < -0.39 is 5.97 Å². The Bertz CT molecular complexity index is 638. The fourth-order valence-corrected chi connectivity index (χ4v) is 1.67. The standard InChI is InChI=1S/C14H14N2O4/c1-8-9(2)15-16-13(12(8)14(17)18)20-11-6-4-10(19-3)5-7-11/h4-7H,1-3H3,(H,17,18). The van der Waals surface area contributed by atoms with Crippen molar-refractivity contribution in [2.45, 2.75) is 13.8 Å². The molecular weight excluding hydrogens is 260 g/mol. The van der Waals surface area contributed by atoms with Crippen molar-refractivity contribution in [3.63, 3.8) is 0 Å². The van der Waals surface area contributed by atoms with Crippen molar-refractivity contribution in [3.05, 3.63) is 41.1 Å². The molecule has 0 spiro atoms. The van der Waals surface area contributed by atoms with Crippen molar-refractivity contribution < 1.29 is 19.4 Å². The van der Waals surface area contributed by atoms with E-state index in [1.807, 2.05) is 0 Å². The van der Waals surface area contributed by atoms with Gasteiger partial charge in [0, 0.05) is 0 Å². The molecule has 0 saturated heterocycles. The van der Waals surface area contributed by atoms with Crippen LogP contribution >= 0.6 is 0 Å². The Morgan fingerprint density at radius 1 is 1.10 bits per heavy atom. The number of aromatic carboxylic acids is 1.